The van der Waals surface area contributed by atoms with Gasteiger partial charge in [0.15, 0.2) is 11.6 Å². The monoisotopic (exact) mass is 373 g/mol. The van der Waals surface area contributed by atoms with Crippen LogP contribution in [0.5, 0.6) is 5.75 Å². The zero-order valence-electron chi connectivity index (χ0n) is 12.7. The average Bonchev–Trinajstić information content (AvgIpc) is 2.56. The predicted octanol–water partition coefficient (Wildman–Crippen LogP) is 3.08. The number of anilines is 1. The fourth-order valence-corrected chi connectivity index (χ4v) is 3.17. The van der Waals surface area contributed by atoms with Crippen LogP contribution in [0.4, 0.5) is 10.1 Å². The van der Waals surface area contributed by atoms with Gasteiger partial charge >= 0.3 is 5.97 Å². The molecule has 0 heterocycles. The number of sulfonamides is 1. The van der Waals surface area contributed by atoms with Crippen LogP contribution in [-0.2, 0) is 14.8 Å². The molecule has 0 aliphatic heterocycles. The highest BCUT2D eigenvalue weighted by Gasteiger charge is 2.19. The maximum Gasteiger partial charge on any atom is 0.337 e. The van der Waals surface area contributed by atoms with Gasteiger partial charge in [0.1, 0.15) is 0 Å². The van der Waals surface area contributed by atoms with Gasteiger partial charge in [0.25, 0.3) is 10.0 Å². The number of methoxy groups -OCH3 is 2. The van der Waals surface area contributed by atoms with Crippen molar-refractivity contribution in [2.75, 3.05) is 18.9 Å². The lowest BCUT2D eigenvalue weighted by Crippen LogP contribution is -2.14. The molecule has 0 aliphatic rings. The number of esters is 1. The minimum atomic E-state index is -4.07. The molecule has 1 N–H and O–H groups in total. The van der Waals surface area contributed by atoms with Gasteiger partial charge in [-0.25, -0.2) is 17.6 Å². The molecule has 0 unspecified atom stereocenters. The normalized spacial score (nSPS) is 11.0. The molecule has 0 atom stereocenters. The van der Waals surface area contributed by atoms with Crippen molar-refractivity contribution in [3.8, 4) is 5.75 Å². The van der Waals surface area contributed by atoms with E-state index >= 15 is 0 Å². The predicted molar refractivity (Wildman–Crippen MR) is 86.6 cm³/mol. The van der Waals surface area contributed by atoms with Crippen molar-refractivity contribution < 1.29 is 27.1 Å². The Balaban J connectivity index is 2.41. The number of rotatable bonds is 5. The summed E-state index contributed by atoms with van der Waals surface area (Å²) in [5, 5.41) is 0.0836. The summed E-state index contributed by atoms with van der Waals surface area (Å²) >= 11 is 5.96. The fourth-order valence-electron chi connectivity index (χ4n) is 1.86. The van der Waals surface area contributed by atoms with E-state index in [2.05, 4.69) is 9.46 Å². The maximum atomic E-state index is 13.4. The van der Waals surface area contributed by atoms with Gasteiger partial charge in [-0.1, -0.05) is 11.6 Å². The standard InChI is InChI=1S/C15H13ClFNO5S/c1-22-14-8-10(4-6-12(14)17)24(20,21)18-13-7-9(15(19)23-2)3-5-11(13)16/h3-8,18H,1-2H3. The van der Waals surface area contributed by atoms with Gasteiger partial charge in [0.05, 0.1) is 35.4 Å². The molecule has 2 rings (SSSR count). The van der Waals surface area contributed by atoms with E-state index in [1.807, 2.05) is 0 Å². The summed E-state index contributed by atoms with van der Waals surface area (Å²) in [5.74, 6) is -1.55. The molecule has 0 bridgehead atoms. The molecule has 0 spiro atoms. The van der Waals surface area contributed by atoms with Crippen molar-refractivity contribution in [2.45, 2.75) is 4.90 Å². The molecule has 0 fully saturated rings. The summed E-state index contributed by atoms with van der Waals surface area (Å²) in [7, 11) is -1.65. The van der Waals surface area contributed by atoms with Crippen LogP contribution in [0.15, 0.2) is 41.3 Å². The first kappa shape index (κ1) is 18.0. The first-order chi connectivity index (χ1) is 11.3. The molecule has 2 aromatic rings. The second-order valence-corrected chi connectivity index (χ2v) is 6.68. The molecule has 128 valence electrons. The molecule has 24 heavy (non-hydrogen) atoms. The molecule has 6 nitrogen and oxygen atoms in total. The van der Waals surface area contributed by atoms with E-state index in [1.54, 1.807) is 0 Å². The lowest BCUT2D eigenvalue weighted by atomic mass is 10.2. The Labute approximate surface area is 143 Å². The van der Waals surface area contributed by atoms with Crippen LogP contribution in [0.2, 0.25) is 5.02 Å². The highest BCUT2D eigenvalue weighted by atomic mass is 35.5. The van der Waals surface area contributed by atoms with Crippen LogP contribution in [-0.4, -0.2) is 28.6 Å². The second kappa shape index (κ2) is 7.06. The second-order valence-electron chi connectivity index (χ2n) is 4.59. The summed E-state index contributed by atoms with van der Waals surface area (Å²) < 4.78 is 49.8. The van der Waals surface area contributed by atoms with Crippen molar-refractivity contribution in [3.63, 3.8) is 0 Å². The van der Waals surface area contributed by atoms with Gasteiger partial charge < -0.3 is 9.47 Å². The molecular weight excluding hydrogens is 361 g/mol. The van der Waals surface area contributed by atoms with E-state index in [1.165, 1.54) is 32.4 Å². The zero-order valence-corrected chi connectivity index (χ0v) is 14.2. The van der Waals surface area contributed by atoms with Crippen molar-refractivity contribution in [3.05, 3.63) is 52.8 Å². The number of ether oxygens (including phenoxy) is 2. The van der Waals surface area contributed by atoms with Crippen LogP contribution >= 0.6 is 11.6 Å². The molecule has 0 aliphatic carbocycles. The lowest BCUT2D eigenvalue weighted by molar-refractivity contribution is 0.0601. The third kappa shape index (κ3) is 3.77. The molecule has 0 saturated carbocycles. The summed E-state index contributed by atoms with van der Waals surface area (Å²) in [6.07, 6.45) is 0. The third-order valence-electron chi connectivity index (χ3n) is 3.06. The summed E-state index contributed by atoms with van der Waals surface area (Å²) in [6, 6.07) is 7.09. The van der Waals surface area contributed by atoms with E-state index in [4.69, 9.17) is 16.3 Å². The molecular formula is C15H13ClFNO5S. The number of nitrogens with one attached hydrogen (secondary N) is 1. The lowest BCUT2D eigenvalue weighted by Gasteiger charge is -2.12. The fraction of sp³-hybridized carbons (Fsp3) is 0.133. The molecule has 0 amide bonds. The van der Waals surface area contributed by atoms with Gasteiger partial charge in [-0.2, -0.15) is 0 Å². The first-order valence-corrected chi connectivity index (χ1v) is 8.39. The summed E-state index contributed by atoms with van der Waals surface area (Å²) in [4.78, 5) is 11.3. The van der Waals surface area contributed by atoms with Gasteiger partial charge in [0.2, 0.25) is 0 Å². The van der Waals surface area contributed by atoms with Crippen LogP contribution in [0.25, 0.3) is 0 Å². The molecule has 0 radical (unpaired) electrons. The smallest absolute Gasteiger partial charge is 0.337 e. The number of carbonyl (C=O) groups is 1. The zero-order chi connectivity index (χ0) is 17.9. The molecule has 0 saturated heterocycles. The molecule has 2 aromatic carbocycles. The number of hydrogen-bond acceptors (Lipinski definition) is 5. The average molecular weight is 374 g/mol. The SMILES string of the molecule is COC(=O)c1ccc(Cl)c(NS(=O)(=O)c2ccc(F)c(OC)c2)c1. The van der Waals surface area contributed by atoms with Crippen LogP contribution in [0.1, 0.15) is 10.4 Å². The van der Waals surface area contributed by atoms with E-state index < -0.39 is 21.8 Å². The van der Waals surface area contributed by atoms with Crippen molar-refractivity contribution in [2.24, 2.45) is 0 Å². The summed E-state index contributed by atoms with van der Waals surface area (Å²) in [5.41, 5.74) is 0.110. The maximum absolute atomic E-state index is 13.4. The van der Waals surface area contributed by atoms with Gasteiger partial charge in [-0.15, -0.1) is 0 Å². The number of benzene rings is 2. The minimum Gasteiger partial charge on any atom is -0.494 e. The van der Waals surface area contributed by atoms with Crippen molar-refractivity contribution in [1.29, 1.82) is 0 Å². The van der Waals surface area contributed by atoms with Crippen molar-refractivity contribution >= 4 is 33.3 Å². The third-order valence-corrected chi connectivity index (χ3v) is 4.76. The first-order valence-electron chi connectivity index (χ1n) is 6.52. The van der Waals surface area contributed by atoms with Gasteiger partial charge in [0, 0.05) is 6.07 Å². The van der Waals surface area contributed by atoms with Gasteiger partial charge in [-0.3, -0.25) is 4.72 Å². The van der Waals surface area contributed by atoms with E-state index in [-0.39, 0.29) is 26.9 Å². The number of carbonyl (C=O) groups excluding carboxylic acids is 1. The largest absolute Gasteiger partial charge is 0.494 e. The van der Waals surface area contributed by atoms with Crippen LogP contribution < -0.4 is 9.46 Å². The Morgan fingerprint density at radius 2 is 1.88 bits per heavy atom. The highest BCUT2D eigenvalue weighted by Crippen LogP contribution is 2.28. The highest BCUT2D eigenvalue weighted by molar-refractivity contribution is 7.92. The Morgan fingerprint density at radius 1 is 1.17 bits per heavy atom. The van der Waals surface area contributed by atoms with E-state index in [0.717, 1.165) is 18.2 Å². The Hall–Kier alpha value is -2.32. The van der Waals surface area contributed by atoms with Crippen LogP contribution in [0, 0.1) is 5.82 Å². The molecule has 9 heteroatoms. The summed E-state index contributed by atoms with van der Waals surface area (Å²) in [6.45, 7) is 0. The Bertz CT molecular complexity index is 885. The van der Waals surface area contributed by atoms with E-state index in [0.29, 0.717) is 0 Å². The number of halogens is 2. The topological polar surface area (TPSA) is 81.7 Å². The van der Waals surface area contributed by atoms with Crippen molar-refractivity contribution in [1.82, 2.24) is 0 Å². The minimum absolute atomic E-state index is 0.0112. The van der Waals surface area contributed by atoms with Gasteiger partial charge in [-0.05, 0) is 30.3 Å². The van der Waals surface area contributed by atoms with E-state index in [9.17, 15) is 17.6 Å². The number of hydrogen-bond donors (Lipinski definition) is 1. The Morgan fingerprint density at radius 3 is 2.50 bits per heavy atom. The molecule has 0 aromatic heterocycles. The Kier molecular flexibility index (Phi) is 5.30. The van der Waals surface area contributed by atoms with Crippen LogP contribution in [0.3, 0.4) is 0 Å². The quantitative estimate of drug-likeness (QED) is 0.814.